The zero-order chi connectivity index (χ0) is 24.0. The van der Waals surface area contributed by atoms with Gasteiger partial charge >= 0.3 is 0 Å². The highest BCUT2D eigenvalue weighted by Crippen LogP contribution is 2.24. The Morgan fingerprint density at radius 3 is 1.13 bits per heavy atom. The van der Waals surface area contributed by atoms with Crippen LogP contribution in [0.5, 0.6) is 0 Å². The fourth-order valence-corrected chi connectivity index (χ4v) is 4.39. The number of hydrogen-bond donors (Lipinski definition) is 2. The first-order valence-electron chi connectivity index (χ1n) is 10.5. The van der Waals surface area contributed by atoms with Crippen molar-refractivity contribution < 1.29 is 24.0 Å². The average Bonchev–Trinajstić information content (AvgIpc) is 2.62. The summed E-state index contributed by atoms with van der Waals surface area (Å²) < 4.78 is 0. The van der Waals surface area contributed by atoms with E-state index in [-0.39, 0.29) is 49.8 Å². The van der Waals surface area contributed by atoms with Crippen LogP contribution in [0.1, 0.15) is 55.4 Å². The largest absolute Gasteiger partial charge is 0.342 e. The number of piperazine rings is 2. The molecule has 0 bridgehead atoms. The van der Waals surface area contributed by atoms with Gasteiger partial charge in [-0.05, 0) is 55.4 Å². The molecule has 2 saturated heterocycles. The Morgan fingerprint density at radius 2 is 0.903 bits per heavy atom. The van der Waals surface area contributed by atoms with E-state index in [1.807, 2.05) is 0 Å². The second kappa shape index (κ2) is 7.98. The molecule has 0 saturated carbocycles. The maximum atomic E-state index is 12.7. The number of imide groups is 2. The number of amides is 5. The van der Waals surface area contributed by atoms with Gasteiger partial charge in [0.1, 0.15) is 0 Å². The van der Waals surface area contributed by atoms with E-state index in [0.717, 1.165) is 0 Å². The fourth-order valence-electron chi connectivity index (χ4n) is 4.39. The molecular formula is C21H35N5O5. The number of nitrogens with one attached hydrogen (secondary N) is 2. The molecule has 0 aromatic rings. The summed E-state index contributed by atoms with van der Waals surface area (Å²) in [7, 11) is 0. The first-order valence-corrected chi connectivity index (χ1v) is 10.5. The van der Waals surface area contributed by atoms with Gasteiger partial charge < -0.3 is 4.90 Å². The maximum Gasteiger partial charge on any atom is 0.249 e. The molecule has 2 fully saturated rings. The van der Waals surface area contributed by atoms with Gasteiger partial charge in [-0.25, -0.2) is 0 Å². The minimum absolute atomic E-state index is 0.0331. The molecule has 0 atom stereocenters. The molecule has 0 aromatic carbocycles. The Hall–Kier alpha value is -2.33. The molecule has 31 heavy (non-hydrogen) atoms. The predicted molar refractivity (Wildman–Crippen MR) is 114 cm³/mol. The smallest absolute Gasteiger partial charge is 0.249 e. The molecule has 2 rings (SSSR count). The molecule has 2 aliphatic heterocycles. The first-order chi connectivity index (χ1) is 14.0. The van der Waals surface area contributed by atoms with Crippen molar-refractivity contribution in [1.29, 1.82) is 0 Å². The summed E-state index contributed by atoms with van der Waals surface area (Å²) in [4.78, 5) is 66.2. The predicted octanol–water partition coefficient (Wildman–Crippen LogP) is -0.524. The number of nitrogens with zero attached hydrogens (tertiary/aromatic N) is 3. The molecule has 2 heterocycles. The van der Waals surface area contributed by atoms with Crippen LogP contribution in [-0.2, 0) is 24.0 Å². The molecule has 0 spiro atoms. The zero-order valence-electron chi connectivity index (χ0n) is 19.8. The highest BCUT2D eigenvalue weighted by atomic mass is 16.2. The van der Waals surface area contributed by atoms with Crippen LogP contribution in [0.3, 0.4) is 0 Å². The van der Waals surface area contributed by atoms with Crippen molar-refractivity contribution in [3.63, 3.8) is 0 Å². The van der Waals surface area contributed by atoms with Crippen LogP contribution in [0.15, 0.2) is 0 Å². The van der Waals surface area contributed by atoms with Crippen LogP contribution in [0.4, 0.5) is 0 Å². The quantitative estimate of drug-likeness (QED) is 0.406. The summed E-state index contributed by atoms with van der Waals surface area (Å²) in [6.45, 7) is 13.9. The molecule has 2 aliphatic rings. The van der Waals surface area contributed by atoms with E-state index in [1.54, 1.807) is 55.4 Å². The van der Waals surface area contributed by atoms with Crippen LogP contribution >= 0.6 is 0 Å². The summed E-state index contributed by atoms with van der Waals surface area (Å²) in [6.07, 6.45) is 0.598. The molecule has 5 amide bonds. The van der Waals surface area contributed by atoms with E-state index in [9.17, 15) is 24.0 Å². The lowest BCUT2D eigenvalue weighted by molar-refractivity contribution is -0.159. The van der Waals surface area contributed by atoms with E-state index in [0.29, 0.717) is 6.41 Å². The lowest BCUT2D eigenvalue weighted by atomic mass is 9.90. The number of carbonyl (C=O) groups excluding carboxylic acids is 5. The van der Waals surface area contributed by atoms with Gasteiger partial charge in [0, 0.05) is 26.2 Å². The van der Waals surface area contributed by atoms with Crippen molar-refractivity contribution in [3.8, 4) is 0 Å². The van der Waals surface area contributed by atoms with Crippen molar-refractivity contribution in [3.05, 3.63) is 0 Å². The van der Waals surface area contributed by atoms with Gasteiger partial charge in [0.05, 0.1) is 22.2 Å². The van der Waals surface area contributed by atoms with Gasteiger partial charge in [-0.15, -0.1) is 0 Å². The Morgan fingerprint density at radius 1 is 0.645 bits per heavy atom. The summed E-state index contributed by atoms with van der Waals surface area (Å²) in [5.41, 5.74) is -3.67. The summed E-state index contributed by atoms with van der Waals surface area (Å²) in [5, 5.41) is 6.09. The third-order valence-electron chi connectivity index (χ3n) is 5.74. The van der Waals surface area contributed by atoms with Gasteiger partial charge in [0.25, 0.3) is 0 Å². The molecule has 0 unspecified atom stereocenters. The number of hydrogen-bond acceptors (Lipinski definition) is 7. The minimum Gasteiger partial charge on any atom is -0.342 e. The minimum atomic E-state index is -0.916. The molecule has 174 valence electrons. The third kappa shape index (κ3) is 4.79. The fraction of sp³-hybridized carbons (Fsp3) is 0.762. The van der Waals surface area contributed by atoms with Crippen molar-refractivity contribution in [2.24, 2.45) is 0 Å². The highest BCUT2D eigenvalue weighted by molar-refractivity contribution is 6.06. The third-order valence-corrected chi connectivity index (χ3v) is 5.74. The van der Waals surface area contributed by atoms with Crippen LogP contribution in [0, 0.1) is 0 Å². The second-order valence-electron chi connectivity index (χ2n) is 10.4. The summed E-state index contributed by atoms with van der Waals surface area (Å²) in [6, 6.07) is 0. The van der Waals surface area contributed by atoms with Gasteiger partial charge in [-0.2, -0.15) is 0 Å². The van der Waals surface area contributed by atoms with Crippen molar-refractivity contribution in [2.45, 2.75) is 77.5 Å². The number of rotatable bonds is 7. The Labute approximate surface area is 183 Å². The van der Waals surface area contributed by atoms with E-state index in [4.69, 9.17) is 0 Å². The van der Waals surface area contributed by atoms with Crippen LogP contribution in [0.25, 0.3) is 0 Å². The van der Waals surface area contributed by atoms with E-state index in [2.05, 4.69) is 10.6 Å². The first kappa shape index (κ1) is 24.9. The lowest BCUT2D eigenvalue weighted by Crippen LogP contribution is -2.73. The molecule has 0 radical (unpaired) electrons. The normalized spacial score (nSPS) is 24.4. The van der Waals surface area contributed by atoms with Crippen LogP contribution in [0.2, 0.25) is 0 Å². The highest BCUT2D eigenvalue weighted by Gasteiger charge is 2.50. The molecule has 2 N–H and O–H groups in total. The van der Waals surface area contributed by atoms with Crippen molar-refractivity contribution in [1.82, 2.24) is 25.3 Å². The molecule has 0 aromatic heterocycles. The monoisotopic (exact) mass is 437 g/mol. The molecular weight excluding hydrogens is 402 g/mol. The summed E-state index contributed by atoms with van der Waals surface area (Å²) >= 11 is 0. The standard InChI is InChI=1S/C21H35N5O5/c1-18(2)14(28)25(15(29)19(3,4)22-18)11-9-24(13-27)10-12-26-16(30)20(5,6)23-21(7,8)17(26)31/h13,22-23H,9-12H2,1-8H3. The summed E-state index contributed by atoms with van der Waals surface area (Å²) in [5.74, 6) is -1.45. The van der Waals surface area contributed by atoms with Gasteiger partial charge in [0.2, 0.25) is 30.0 Å². The Kier molecular flexibility index (Phi) is 6.42. The number of carbonyl (C=O) groups is 5. The SMILES string of the molecule is CC1(C)NC(C)(C)C(=O)N(CCN(C=O)CCN2C(=O)C(C)(C)NC(C)(C)C2=O)C1=O. The van der Waals surface area contributed by atoms with Crippen molar-refractivity contribution >= 4 is 30.0 Å². The molecule has 10 nitrogen and oxygen atoms in total. The topological polar surface area (TPSA) is 119 Å². The van der Waals surface area contributed by atoms with Gasteiger partial charge in [-0.3, -0.25) is 44.4 Å². The lowest BCUT2D eigenvalue weighted by Gasteiger charge is -2.46. The van der Waals surface area contributed by atoms with E-state index < -0.39 is 22.2 Å². The van der Waals surface area contributed by atoms with E-state index in [1.165, 1.54) is 14.7 Å². The van der Waals surface area contributed by atoms with Gasteiger partial charge in [-0.1, -0.05) is 0 Å². The zero-order valence-corrected chi connectivity index (χ0v) is 19.8. The Balaban J connectivity index is 2.06. The van der Waals surface area contributed by atoms with Crippen molar-refractivity contribution in [2.75, 3.05) is 26.2 Å². The Bertz CT molecular complexity index is 688. The second-order valence-corrected chi connectivity index (χ2v) is 10.4. The van der Waals surface area contributed by atoms with Gasteiger partial charge in [0.15, 0.2) is 0 Å². The molecule has 0 aliphatic carbocycles. The average molecular weight is 438 g/mol. The maximum absolute atomic E-state index is 12.7. The van der Waals surface area contributed by atoms with Crippen LogP contribution < -0.4 is 10.6 Å². The molecule has 10 heteroatoms. The van der Waals surface area contributed by atoms with E-state index >= 15 is 0 Å². The van der Waals surface area contributed by atoms with Crippen LogP contribution in [-0.4, -0.2) is 93.1 Å².